The largest absolute Gasteiger partial charge is 0.337 e. The van der Waals surface area contributed by atoms with Gasteiger partial charge < -0.3 is 9.80 Å². The van der Waals surface area contributed by atoms with Crippen molar-refractivity contribution in [2.45, 2.75) is 18.9 Å². The van der Waals surface area contributed by atoms with Crippen molar-refractivity contribution in [3.05, 3.63) is 69.7 Å². The lowest BCUT2D eigenvalue weighted by Crippen LogP contribution is -2.47. The molecule has 1 amide bonds. The van der Waals surface area contributed by atoms with Crippen molar-refractivity contribution in [3.63, 3.8) is 0 Å². The van der Waals surface area contributed by atoms with E-state index in [-0.39, 0.29) is 11.7 Å². The molecule has 3 rings (SSSR count). The smallest absolute Gasteiger partial charge is 0.254 e. The van der Waals surface area contributed by atoms with E-state index in [4.69, 9.17) is 0 Å². The summed E-state index contributed by atoms with van der Waals surface area (Å²) in [6, 6.07) is 14.7. The first-order valence-electron chi connectivity index (χ1n) is 8.82. The third kappa shape index (κ3) is 4.05. The molecule has 0 bridgehead atoms. The minimum Gasteiger partial charge on any atom is -0.337 e. The van der Waals surface area contributed by atoms with Crippen LogP contribution in [0.5, 0.6) is 0 Å². The van der Waals surface area contributed by atoms with Gasteiger partial charge in [0, 0.05) is 34.7 Å². The second kappa shape index (κ2) is 8.14. The topological polar surface area (TPSA) is 40.6 Å². The van der Waals surface area contributed by atoms with E-state index < -0.39 is 0 Å². The highest BCUT2D eigenvalue weighted by molar-refractivity contribution is 9.10. The van der Waals surface area contributed by atoms with Crippen LogP contribution in [0.2, 0.25) is 0 Å². The van der Waals surface area contributed by atoms with Crippen molar-refractivity contribution in [2.24, 2.45) is 0 Å². The van der Waals surface area contributed by atoms with Crippen LogP contribution in [0.3, 0.4) is 0 Å². The minimum absolute atomic E-state index is 0.0578. The first-order valence-corrected chi connectivity index (χ1v) is 9.61. The summed E-state index contributed by atoms with van der Waals surface area (Å²) in [5.41, 5.74) is 1.53. The molecule has 5 heteroatoms. The molecule has 0 saturated carbocycles. The van der Waals surface area contributed by atoms with Gasteiger partial charge in [0.25, 0.3) is 5.91 Å². The Bertz CT molecular complexity index is 802. The standard InChI is InChI=1S/C21H23BrN2O2/c1-23(2)17-6-5-13-24(14-17)21(26)19-8-4-3-7-18(19)20(25)15-9-11-16(22)12-10-15/h3-4,7-12,17H,5-6,13-14H2,1-2H3. The molecule has 2 aromatic rings. The fraction of sp³-hybridized carbons (Fsp3) is 0.333. The molecule has 0 spiro atoms. The lowest BCUT2D eigenvalue weighted by Gasteiger charge is -2.36. The Labute approximate surface area is 162 Å². The van der Waals surface area contributed by atoms with Crippen LogP contribution >= 0.6 is 15.9 Å². The number of carbonyl (C=O) groups excluding carboxylic acids is 2. The number of halogens is 1. The fourth-order valence-electron chi connectivity index (χ4n) is 3.36. The van der Waals surface area contributed by atoms with Crippen LogP contribution in [0.4, 0.5) is 0 Å². The van der Waals surface area contributed by atoms with E-state index in [0.717, 1.165) is 23.9 Å². The molecular formula is C21H23BrN2O2. The van der Waals surface area contributed by atoms with Crippen molar-refractivity contribution in [2.75, 3.05) is 27.2 Å². The lowest BCUT2D eigenvalue weighted by molar-refractivity contribution is 0.0632. The van der Waals surface area contributed by atoms with E-state index in [1.54, 1.807) is 24.3 Å². The molecule has 26 heavy (non-hydrogen) atoms. The van der Waals surface area contributed by atoms with Gasteiger partial charge in [0.2, 0.25) is 0 Å². The summed E-state index contributed by atoms with van der Waals surface area (Å²) in [4.78, 5) is 30.1. The van der Waals surface area contributed by atoms with Gasteiger partial charge in [0.1, 0.15) is 0 Å². The van der Waals surface area contributed by atoms with Crippen LogP contribution in [0, 0.1) is 0 Å². The van der Waals surface area contributed by atoms with Crippen molar-refractivity contribution < 1.29 is 9.59 Å². The van der Waals surface area contributed by atoms with Crippen molar-refractivity contribution in [1.82, 2.24) is 9.80 Å². The van der Waals surface area contributed by atoms with Gasteiger partial charge in [-0.2, -0.15) is 0 Å². The van der Waals surface area contributed by atoms with Crippen LogP contribution in [0.25, 0.3) is 0 Å². The zero-order chi connectivity index (χ0) is 18.7. The maximum absolute atomic E-state index is 13.1. The molecule has 136 valence electrons. The molecule has 0 aromatic heterocycles. The Hall–Kier alpha value is -1.98. The van der Waals surface area contributed by atoms with Crippen molar-refractivity contribution in [3.8, 4) is 0 Å². The van der Waals surface area contributed by atoms with Crippen molar-refractivity contribution >= 4 is 27.6 Å². The molecule has 1 aliphatic rings. The number of benzene rings is 2. The van der Waals surface area contributed by atoms with Gasteiger partial charge in [-0.3, -0.25) is 9.59 Å². The van der Waals surface area contributed by atoms with E-state index in [0.29, 0.717) is 29.3 Å². The van der Waals surface area contributed by atoms with Crippen LogP contribution in [0.15, 0.2) is 53.0 Å². The quantitative estimate of drug-likeness (QED) is 0.713. The van der Waals surface area contributed by atoms with Gasteiger partial charge in [-0.05, 0) is 57.3 Å². The summed E-state index contributed by atoms with van der Waals surface area (Å²) < 4.78 is 0.918. The molecular weight excluding hydrogens is 392 g/mol. The number of rotatable bonds is 4. The molecule has 0 aliphatic carbocycles. The average Bonchev–Trinajstić information content (AvgIpc) is 2.67. The number of hydrogen-bond acceptors (Lipinski definition) is 3. The number of likely N-dealkylation sites (tertiary alicyclic amines) is 1. The van der Waals surface area contributed by atoms with E-state index >= 15 is 0 Å². The van der Waals surface area contributed by atoms with Gasteiger partial charge in [-0.15, -0.1) is 0 Å². The lowest BCUT2D eigenvalue weighted by atomic mass is 9.96. The molecule has 4 nitrogen and oxygen atoms in total. The number of piperidine rings is 1. The second-order valence-corrected chi connectivity index (χ2v) is 7.81. The fourth-order valence-corrected chi connectivity index (χ4v) is 3.62. The number of amides is 1. The summed E-state index contributed by atoms with van der Waals surface area (Å²) in [6.07, 6.45) is 2.08. The summed E-state index contributed by atoms with van der Waals surface area (Å²) in [5.74, 6) is -0.180. The zero-order valence-corrected chi connectivity index (χ0v) is 16.7. The summed E-state index contributed by atoms with van der Waals surface area (Å²) in [5, 5.41) is 0. The highest BCUT2D eigenvalue weighted by Crippen LogP contribution is 2.21. The third-order valence-electron chi connectivity index (χ3n) is 4.92. The molecule has 1 unspecified atom stereocenters. The molecule has 1 heterocycles. The number of ketones is 1. The van der Waals surface area contributed by atoms with Gasteiger partial charge in [0.15, 0.2) is 5.78 Å². The van der Waals surface area contributed by atoms with Crippen LogP contribution in [0.1, 0.15) is 39.1 Å². The van der Waals surface area contributed by atoms with E-state index in [9.17, 15) is 9.59 Å². The summed E-state index contributed by atoms with van der Waals surface area (Å²) >= 11 is 3.38. The van der Waals surface area contributed by atoms with E-state index in [1.165, 1.54) is 0 Å². The van der Waals surface area contributed by atoms with Crippen LogP contribution in [-0.2, 0) is 0 Å². The Kier molecular flexibility index (Phi) is 5.89. The van der Waals surface area contributed by atoms with E-state index in [1.807, 2.05) is 43.3 Å². The molecule has 1 fully saturated rings. The number of nitrogens with zero attached hydrogens (tertiary/aromatic N) is 2. The Morgan fingerprint density at radius 2 is 1.69 bits per heavy atom. The maximum atomic E-state index is 13.1. The van der Waals surface area contributed by atoms with Gasteiger partial charge in [-0.1, -0.05) is 34.1 Å². The predicted octanol–water partition coefficient (Wildman–Crippen LogP) is 3.85. The molecule has 1 saturated heterocycles. The van der Waals surface area contributed by atoms with E-state index in [2.05, 4.69) is 20.8 Å². The predicted molar refractivity (Wildman–Crippen MR) is 107 cm³/mol. The zero-order valence-electron chi connectivity index (χ0n) is 15.1. The van der Waals surface area contributed by atoms with Crippen LogP contribution in [-0.4, -0.2) is 54.7 Å². The Morgan fingerprint density at radius 1 is 1.04 bits per heavy atom. The third-order valence-corrected chi connectivity index (χ3v) is 5.45. The molecule has 0 N–H and O–H groups in total. The summed E-state index contributed by atoms with van der Waals surface area (Å²) in [6.45, 7) is 1.44. The minimum atomic E-state index is -0.123. The maximum Gasteiger partial charge on any atom is 0.254 e. The number of likely N-dealkylation sites (N-methyl/N-ethyl adjacent to an activating group) is 1. The van der Waals surface area contributed by atoms with Crippen molar-refractivity contribution in [1.29, 1.82) is 0 Å². The SMILES string of the molecule is CN(C)C1CCCN(C(=O)c2ccccc2C(=O)c2ccc(Br)cc2)C1. The van der Waals surface area contributed by atoms with Gasteiger partial charge in [0.05, 0.1) is 5.56 Å². The number of carbonyl (C=O) groups is 2. The Morgan fingerprint density at radius 3 is 2.35 bits per heavy atom. The molecule has 0 radical (unpaired) electrons. The number of hydrogen-bond donors (Lipinski definition) is 0. The summed E-state index contributed by atoms with van der Waals surface area (Å²) in [7, 11) is 4.09. The highest BCUT2D eigenvalue weighted by Gasteiger charge is 2.28. The molecule has 1 aliphatic heterocycles. The normalized spacial score (nSPS) is 17.4. The molecule has 2 aromatic carbocycles. The monoisotopic (exact) mass is 414 g/mol. The second-order valence-electron chi connectivity index (χ2n) is 6.89. The highest BCUT2D eigenvalue weighted by atomic mass is 79.9. The first kappa shape index (κ1) is 18.8. The molecule has 1 atom stereocenters. The van der Waals surface area contributed by atoms with Crippen LogP contribution < -0.4 is 0 Å². The average molecular weight is 415 g/mol. The first-order chi connectivity index (χ1) is 12.5. The Balaban J connectivity index is 1.88. The van der Waals surface area contributed by atoms with Gasteiger partial charge >= 0.3 is 0 Å². The van der Waals surface area contributed by atoms with Gasteiger partial charge in [-0.25, -0.2) is 0 Å².